The highest BCUT2D eigenvalue weighted by Gasteiger charge is 2.21. The van der Waals surface area contributed by atoms with E-state index in [1.165, 1.54) is 0 Å². The molecule has 2 amide bonds. The van der Waals surface area contributed by atoms with Gasteiger partial charge in [0, 0.05) is 37.6 Å². The third kappa shape index (κ3) is 6.14. The van der Waals surface area contributed by atoms with Gasteiger partial charge in [0.25, 0.3) is 0 Å². The molecule has 0 saturated carbocycles. The van der Waals surface area contributed by atoms with E-state index < -0.39 is 0 Å². The summed E-state index contributed by atoms with van der Waals surface area (Å²) < 4.78 is 0. The van der Waals surface area contributed by atoms with E-state index in [0.29, 0.717) is 13.1 Å². The van der Waals surface area contributed by atoms with E-state index in [0.717, 1.165) is 54.2 Å². The summed E-state index contributed by atoms with van der Waals surface area (Å²) in [4.78, 5) is 29.0. The first-order chi connectivity index (χ1) is 13.9. The standard InChI is InChI=1S/C23H30N4O2/c1-17-6-4-9-20(14-17)24-21(28)15-26-10-12-27(13-11-26)16-22(29)25-23-18(2)7-5-8-19(23)3/h4-9,14H,10-13,15-16H2,1-3H3,(H,24,28)(H,25,29). The van der Waals surface area contributed by atoms with Crippen LogP contribution in [0.2, 0.25) is 0 Å². The number of aryl methyl sites for hydroxylation is 3. The van der Waals surface area contributed by atoms with Gasteiger partial charge in [-0.05, 0) is 49.6 Å². The number of piperazine rings is 1. The maximum absolute atomic E-state index is 12.4. The summed E-state index contributed by atoms with van der Waals surface area (Å²) in [6.07, 6.45) is 0. The number of hydrogen-bond acceptors (Lipinski definition) is 4. The van der Waals surface area contributed by atoms with Gasteiger partial charge >= 0.3 is 0 Å². The van der Waals surface area contributed by atoms with E-state index in [9.17, 15) is 9.59 Å². The lowest BCUT2D eigenvalue weighted by Gasteiger charge is -2.33. The summed E-state index contributed by atoms with van der Waals surface area (Å²) in [7, 11) is 0. The van der Waals surface area contributed by atoms with Gasteiger partial charge in [-0.1, -0.05) is 30.3 Å². The monoisotopic (exact) mass is 394 g/mol. The molecule has 154 valence electrons. The largest absolute Gasteiger partial charge is 0.325 e. The minimum atomic E-state index is -0.00294. The fraction of sp³-hybridized carbons (Fsp3) is 0.391. The first kappa shape index (κ1) is 21.0. The van der Waals surface area contributed by atoms with Gasteiger partial charge in [-0.2, -0.15) is 0 Å². The fourth-order valence-electron chi connectivity index (χ4n) is 3.63. The molecule has 29 heavy (non-hydrogen) atoms. The Morgan fingerprint density at radius 3 is 1.86 bits per heavy atom. The van der Waals surface area contributed by atoms with E-state index >= 15 is 0 Å². The first-order valence-electron chi connectivity index (χ1n) is 10.1. The Bertz CT molecular complexity index is 853. The van der Waals surface area contributed by atoms with Crippen molar-refractivity contribution in [2.45, 2.75) is 20.8 Å². The molecule has 1 heterocycles. The molecule has 2 N–H and O–H groups in total. The second-order valence-electron chi connectivity index (χ2n) is 7.78. The first-order valence-corrected chi connectivity index (χ1v) is 10.1. The topological polar surface area (TPSA) is 64.7 Å². The van der Waals surface area contributed by atoms with E-state index in [2.05, 4.69) is 20.4 Å². The summed E-state index contributed by atoms with van der Waals surface area (Å²) in [5.41, 5.74) is 5.00. The quantitative estimate of drug-likeness (QED) is 0.791. The zero-order chi connectivity index (χ0) is 20.8. The zero-order valence-corrected chi connectivity index (χ0v) is 17.5. The molecular weight excluding hydrogens is 364 g/mol. The molecule has 1 saturated heterocycles. The van der Waals surface area contributed by atoms with Crippen LogP contribution >= 0.6 is 0 Å². The van der Waals surface area contributed by atoms with Gasteiger partial charge in [0.15, 0.2) is 0 Å². The number of hydrogen-bond donors (Lipinski definition) is 2. The third-order valence-corrected chi connectivity index (χ3v) is 5.25. The Kier molecular flexibility index (Phi) is 7.01. The van der Waals surface area contributed by atoms with Gasteiger partial charge in [0.05, 0.1) is 13.1 Å². The predicted octanol–water partition coefficient (Wildman–Crippen LogP) is 2.81. The number of para-hydroxylation sites is 1. The van der Waals surface area contributed by atoms with Gasteiger partial charge in [0.1, 0.15) is 0 Å². The van der Waals surface area contributed by atoms with Crippen LogP contribution < -0.4 is 10.6 Å². The highest BCUT2D eigenvalue weighted by atomic mass is 16.2. The highest BCUT2D eigenvalue weighted by molar-refractivity contribution is 5.94. The molecule has 0 radical (unpaired) electrons. The lowest BCUT2D eigenvalue weighted by atomic mass is 10.1. The van der Waals surface area contributed by atoms with Gasteiger partial charge in [-0.25, -0.2) is 0 Å². The molecule has 2 aromatic rings. The van der Waals surface area contributed by atoms with Crippen molar-refractivity contribution >= 4 is 23.2 Å². The van der Waals surface area contributed by atoms with Crippen LogP contribution in [-0.2, 0) is 9.59 Å². The van der Waals surface area contributed by atoms with Gasteiger partial charge in [-0.3, -0.25) is 19.4 Å². The number of carbonyl (C=O) groups is 2. The van der Waals surface area contributed by atoms with Crippen LogP contribution in [0.25, 0.3) is 0 Å². The molecule has 6 nitrogen and oxygen atoms in total. The highest BCUT2D eigenvalue weighted by Crippen LogP contribution is 2.19. The maximum atomic E-state index is 12.4. The number of carbonyl (C=O) groups excluding carboxylic acids is 2. The lowest BCUT2D eigenvalue weighted by Crippen LogP contribution is -2.50. The van der Waals surface area contributed by atoms with Crippen molar-refractivity contribution in [2.24, 2.45) is 0 Å². The summed E-state index contributed by atoms with van der Waals surface area (Å²) >= 11 is 0. The lowest BCUT2D eigenvalue weighted by molar-refractivity contribution is -0.120. The molecule has 0 spiro atoms. The van der Waals surface area contributed by atoms with Crippen molar-refractivity contribution in [1.29, 1.82) is 0 Å². The average molecular weight is 395 g/mol. The Labute approximate surface area is 172 Å². The van der Waals surface area contributed by atoms with Crippen LogP contribution in [0.5, 0.6) is 0 Å². The Balaban J connectivity index is 1.42. The van der Waals surface area contributed by atoms with Crippen LogP contribution in [0.4, 0.5) is 11.4 Å². The number of rotatable bonds is 6. The van der Waals surface area contributed by atoms with E-state index in [-0.39, 0.29) is 11.8 Å². The fourth-order valence-corrected chi connectivity index (χ4v) is 3.63. The van der Waals surface area contributed by atoms with Crippen molar-refractivity contribution in [2.75, 3.05) is 49.9 Å². The second-order valence-corrected chi connectivity index (χ2v) is 7.78. The number of nitrogens with zero attached hydrogens (tertiary/aromatic N) is 2. The molecular formula is C23H30N4O2. The van der Waals surface area contributed by atoms with Crippen LogP contribution in [-0.4, -0.2) is 60.9 Å². The Hall–Kier alpha value is -2.70. The average Bonchev–Trinajstić information content (AvgIpc) is 2.66. The van der Waals surface area contributed by atoms with E-state index in [1.807, 2.05) is 63.2 Å². The number of anilines is 2. The minimum Gasteiger partial charge on any atom is -0.325 e. The molecule has 2 aromatic carbocycles. The maximum Gasteiger partial charge on any atom is 0.238 e. The Morgan fingerprint density at radius 1 is 0.793 bits per heavy atom. The molecule has 6 heteroatoms. The third-order valence-electron chi connectivity index (χ3n) is 5.25. The normalized spacial score (nSPS) is 15.1. The van der Waals surface area contributed by atoms with Crippen LogP contribution in [0, 0.1) is 20.8 Å². The molecule has 0 bridgehead atoms. The molecule has 1 fully saturated rings. The SMILES string of the molecule is Cc1cccc(NC(=O)CN2CCN(CC(=O)Nc3c(C)cccc3C)CC2)c1. The van der Waals surface area contributed by atoms with Crippen LogP contribution in [0.15, 0.2) is 42.5 Å². The zero-order valence-electron chi connectivity index (χ0n) is 17.5. The molecule has 0 aromatic heterocycles. The van der Waals surface area contributed by atoms with Crippen molar-refractivity contribution in [3.05, 3.63) is 59.2 Å². The Morgan fingerprint density at radius 2 is 1.31 bits per heavy atom. The number of nitrogens with one attached hydrogen (secondary N) is 2. The van der Waals surface area contributed by atoms with Gasteiger partial charge < -0.3 is 10.6 Å². The van der Waals surface area contributed by atoms with Gasteiger partial charge in [0.2, 0.25) is 11.8 Å². The van der Waals surface area contributed by atoms with E-state index in [1.54, 1.807) is 0 Å². The van der Waals surface area contributed by atoms with Crippen molar-refractivity contribution in [3.8, 4) is 0 Å². The molecule has 3 rings (SSSR count). The van der Waals surface area contributed by atoms with Crippen LogP contribution in [0.3, 0.4) is 0 Å². The number of amides is 2. The summed E-state index contributed by atoms with van der Waals surface area (Å²) in [5.74, 6) is 0.00450. The minimum absolute atomic E-state index is 0.00294. The molecule has 0 aliphatic carbocycles. The van der Waals surface area contributed by atoms with Crippen molar-refractivity contribution in [1.82, 2.24) is 9.80 Å². The summed E-state index contributed by atoms with van der Waals surface area (Å²) in [5, 5.41) is 6.00. The molecule has 0 unspecified atom stereocenters. The predicted molar refractivity (Wildman–Crippen MR) is 117 cm³/mol. The smallest absolute Gasteiger partial charge is 0.238 e. The van der Waals surface area contributed by atoms with Gasteiger partial charge in [-0.15, -0.1) is 0 Å². The summed E-state index contributed by atoms with van der Waals surface area (Å²) in [6.45, 7) is 9.86. The van der Waals surface area contributed by atoms with Crippen LogP contribution in [0.1, 0.15) is 16.7 Å². The second kappa shape index (κ2) is 9.67. The number of benzene rings is 2. The molecule has 1 aliphatic heterocycles. The van der Waals surface area contributed by atoms with Crippen molar-refractivity contribution < 1.29 is 9.59 Å². The molecule has 1 aliphatic rings. The van der Waals surface area contributed by atoms with E-state index in [4.69, 9.17) is 0 Å². The summed E-state index contributed by atoms with van der Waals surface area (Å²) in [6, 6.07) is 13.8. The van der Waals surface area contributed by atoms with Crippen molar-refractivity contribution in [3.63, 3.8) is 0 Å². The molecule has 0 atom stereocenters.